The number of carbonyl (C=O) groups excluding carboxylic acids is 14. The molecular formula is C86H124N18O20. The smallest absolute Gasteiger partial charge is 0.326 e. The second-order valence-corrected chi connectivity index (χ2v) is 33.6. The molecule has 0 unspecified atom stereocenters. The van der Waals surface area contributed by atoms with Crippen molar-refractivity contribution in [2.75, 3.05) is 19.6 Å². The minimum absolute atomic E-state index is 0.0211. The van der Waals surface area contributed by atoms with E-state index in [1.807, 2.05) is 32.0 Å². The van der Waals surface area contributed by atoms with Crippen LogP contribution in [-0.2, 0) is 96.0 Å². The highest BCUT2D eigenvalue weighted by atomic mass is 16.4. The molecule has 3 aromatic carbocycles. The summed E-state index contributed by atoms with van der Waals surface area (Å²) in [7, 11) is 0. The van der Waals surface area contributed by atoms with Crippen LogP contribution in [0.1, 0.15) is 169 Å². The lowest BCUT2D eigenvalue weighted by atomic mass is 9.98. The van der Waals surface area contributed by atoms with E-state index in [9.17, 15) is 87.5 Å². The molecule has 0 aliphatic carbocycles. The monoisotopic (exact) mass is 1730 g/mol. The molecule has 2 fully saturated rings. The number of unbranched alkanes of at least 4 members (excludes halogenated alkanes) is 1. The number of benzene rings is 3. The van der Waals surface area contributed by atoms with Gasteiger partial charge in [-0.3, -0.25) is 71.9 Å². The number of hydrogen-bond acceptors (Lipinski definition) is 20. The van der Waals surface area contributed by atoms with Crippen LogP contribution >= 0.6 is 0 Å². The highest BCUT2D eigenvalue weighted by Crippen LogP contribution is 2.27. The number of aromatic hydroxyl groups is 1. The van der Waals surface area contributed by atoms with Crippen LogP contribution in [0.4, 0.5) is 0 Å². The summed E-state index contributed by atoms with van der Waals surface area (Å²) >= 11 is 0. The number of phenolic OH excluding ortho intramolecular Hbond substituents is 1. The Labute approximate surface area is 719 Å². The standard InChI is InChI=1S/C86H124N18O20/c1-11-47(8)71(86(123)124)101-82(119)68-26-19-33-104(68)84(121)65(36-46(6)7)99-78(115)63(39-52-43-91-57-23-15-13-21-55(52)57)96-75(112)59(34-44(2)3)94-74(111)58(24-16-17-31-87)92-83(120)72(49(10)105)102-80(117)60(35-45(4)5)98-81(118)67-25-18-32-103(67)85(122)66(41-70(108)109)100-76(113)61(37-50-27-29-53(106)30-28-50)95-77(114)62(38-51-42-90-56-22-14-12-20-54(51)56)97-79(116)64(40-69(89)107)93-73(110)48(9)88/h12-15,20-23,27-30,42-49,58-68,71-72,90-91,105-106H,11,16-19,24-26,31-41,87-88H2,1-10H3,(H2,89,107)(H,92,120)(H,93,110)(H,94,111)(H,95,114)(H,96,112)(H,97,116)(H,98,118)(H,99,115)(H,100,113)(H,101,119)(H,102,117)(H,108,109)(H,123,124)/t47-,48-,49+,58-,59-,60-,61-,62-,63-,64-,65-,66-,67-,68-,71-,72-/m0/s1. The SMILES string of the molecule is CC[C@H](C)[C@H](NC(=O)[C@@H]1CCCN1C(=O)[C@H](CC(C)C)NC(=O)[C@H](Cc1c[nH]c2ccccc12)NC(=O)[C@H](CC(C)C)NC(=O)[C@H](CCCCN)NC(=O)[C@@H](NC(=O)[C@H](CC(C)C)NC(=O)[C@@H]1CCCN1C(=O)[C@H](CC(=O)O)NC(=O)[C@H](Cc1ccc(O)cc1)NC(=O)[C@H](Cc1c[nH]c2ccccc12)NC(=O)[C@H](CC(N)=O)NC(=O)[C@H](C)N)[C@@H](C)O)C(=O)O. The molecule has 16 atom stereocenters. The van der Waals surface area contributed by atoms with Crippen molar-refractivity contribution >= 4 is 116 Å². The number of nitrogens with two attached hydrogens (primary N) is 3. The molecule has 0 bridgehead atoms. The first-order chi connectivity index (χ1) is 58.7. The number of likely N-dealkylation sites (tertiary alicyclic amines) is 2. The quantitative estimate of drug-likeness (QED) is 0.0231. The fourth-order valence-electron chi connectivity index (χ4n) is 15.2. The van der Waals surface area contributed by atoms with Crippen LogP contribution in [0.5, 0.6) is 5.75 Å². The number of carboxylic acid groups (broad SMARTS) is 2. The number of rotatable bonds is 48. The van der Waals surface area contributed by atoms with Crippen molar-refractivity contribution in [2.24, 2.45) is 40.9 Å². The molecule has 38 nitrogen and oxygen atoms in total. The number of H-pyrrole nitrogens is 2. The topological polar surface area (TPSA) is 602 Å². The molecule has 124 heavy (non-hydrogen) atoms. The number of phenols is 1. The van der Waals surface area contributed by atoms with Gasteiger partial charge in [0.2, 0.25) is 82.7 Å². The number of fused-ring (bicyclic) bond motifs is 2. The van der Waals surface area contributed by atoms with Gasteiger partial charge in [-0.1, -0.05) is 110 Å². The Hall–Kier alpha value is -12.1. The maximum atomic E-state index is 15.0. The predicted octanol–water partition coefficient (Wildman–Crippen LogP) is 0.174. The van der Waals surface area contributed by atoms with E-state index in [-0.39, 0.29) is 114 Å². The molecule has 5 aromatic rings. The summed E-state index contributed by atoms with van der Waals surface area (Å²) < 4.78 is 0. The van der Waals surface area contributed by atoms with E-state index in [1.165, 1.54) is 43.0 Å². The molecular weight excluding hydrogens is 1610 g/mol. The number of nitrogens with one attached hydrogen (secondary N) is 13. The van der Waals surface area contributed by atoms with Gasteiger partial charge in [-0.15, -0.1) is 0 Å². The summed E-state index contributed by atoms with van der Waals surface area (Å²) in [4.78, 5) is 235. The highest BCUT2D eigenvalue weighted by Gasteiger charge is 2.45. The maximum absolute atomic E-state index is 15.0. The summed E-state index contributed by atoms with van der Waals surface area (Å²) in [5.74, 6) is -17.1. The van der Waals surface area contributed by atoms with Gasteiger partial charge >= 0.3 is 11.9 Å². The number of carbonyl (C=O) groups is 16. The summed E-state index contributed by atoms with van der Waals surface area (Å²) in [6.45, 7) is 16.8. The number of hydrogen-bond donors (Lipinski definition) is 20. The first-order valence-electron chi connectivity index (χ1n) is 42.4. The van der Waals surface area contributed by atoms with Gasteiger partial charge in [0.05, 0.1) is 25.0 Å². The van der Waals surface area contributed by atoms with Gasteiger partial charge in [-0.25, -0.2) is 4.79 Å². The lowest BCUT2D eigenvalue weighted by Gasteiger charge is -2.32. The van der Waals surface area contributed by atoms with E-state index in [0.29, 0.717) is 57.8 Å². The molecule has 38 heteroatoms. The Morgan fingerprint density at radius 3 is 1.34 bits per heavy atom. The van der Waals surface area contributed by atoms with E-state index < -0.39 is 204 Å². The van der Waals surface area contributed by atoms with Crippen molar-refractivity contribution < 1.29 is 97.1 Å². The van der Waals surface area contributed by atoms with E-state index in [1.54, 1.807) is 84.3 Å². The third-order valence-corrected chi connectivity index (χ3v) is 22.0. The summed E-state index contributed by atoms with van der Waals surface area (Å²) in [5.41, 5.74) is 19.9. The third kappa shape index (κ3) is 28.8. The van der Waals surface area contributed by atoms with Crippen LogP contribution in [0.2, 0.25) is 0 Å². The minimum Gasteiger partial charge on any atom is -0.508 e. The molecule has 0 spiro atoms. The van der Waals surface area contributed by atoms with Crippen LogP contribution in [0.25, 0.3) is 21.8 Å². The molecule has 2 aliphatic heterocycles. The number of para-hydroxylation sites is 2. The normalized spacial score (nSPS) is 17.4. The Balaban J connectivity index is 1.09. The lowest BCUT2D eigenvalue weighted by Crippen LogP contribution is -2.62. The fraction of sp³-hybridized carbons (Fsp3) is 0.558. The highest BCUT2D eigenvalue weighted by molar-refractivity contribution is 6.02. The largest absolute Gasteiger partial charge is 0.508 e. The van der Waals surface area contributed by atoms with Gasteiger partial charge in [0.15, 0.2) is 0 Å². The van der Waals surface area contributed by atoms with Gasteiger partial charge in [0.25, 0.3) is 0 Å². The second-order valence-electron chi connectivity index (χ2n) is 33.6. The minimum atomic E-state index is -1.94. The van der Waals surface area contributed by atoms with Gasteiger partial charge < -0.3 is 116 Å². The molecule has 678 valence electrons. The zero-order chi connectivity index (χ0) is 91.5. The molecule has 0 radical (unpaired) electrons. The fourth-order valence-corrected chi connectivity index (χ4v) is 15.2. The maximum Gasteiger partial charge on any atom is 0.326 e. The van der Waals surface area contributed by atoms with Gasteiger partial charge in [-0.05, 0) is 149 Å². The number of aliphatic hydroxyl groups is 1. The molecule has 4 heterocycles. The Bertz CT molecular complexity index is 4580. The Morgan fingerprint density at radius 1 is 0.460 bits per heavy atom. The van der Waals surface area contributed by atoms with Crippen molar-refractivity contribution in [1.82, 2.24) is 78.3 Å². The van der Waals surface area contributed by atoms with E-state index in [2.05, 4.69) is 68.5 Å². The number of primary amides is 1. The number of aromatic nitrogens is 2. The molecule has 14 amide bonds. The van der Waals surface area contributed by atoms with Crippen molar-refractivity contribution in [1.29, 1.82) is 0 Å². The zero-order valence-electron chi connectivity index (χ0n) is 71.9. The van der Waals surface area contributed by atoms with Crippen molar-refractivity contribution in [3.8, 4) is 5.75 Å². The summed E-state index contributed by atoms with van der Waals surface area (Å²) in [5, 5.41) is 72.1. The summed E-state index contributed by atoms with van der Waals surface area (Å²) in [6.07, 6.45) is 0.646. The average Bonchev–Trinajstić information content (AvgIpc) is 1.65. The molecule has 7 rings (SSSR count). The predicted molar refractivity (Wildman–Crippen MR) is 456 cm³/mol. The van der Waals surface area contributed by atoms with Crippen molar-refractivity contribution in [3.05, 3.63) is 102 Å². The van der Waals surface area contributed by atoms with E-state index in [0.717, 1.165) is 4.90 Å². The molecule has 0 saturated carbocycles. The van der Waals surface area contributed by atoms with Gasteiger partial charge in [-0.2, -0.15) is 0 Å². The van der Waals surface area contributed by atoms with Crippen LogP contribution < -0.4 is 75.7 Å². The van der Waals surface area contributed by atoms with Crippen molar-refractivity contribution in [2.45, 2.75) is 263 Å². The summed E-state index contributed by atoms with van der Waals surface area (Å²) in [6, 6.07) is -0.951. The van der Waals surface area contributed by atoms with Crippen molar-refractivity contribution in [3.63, 3.8) is 0 Å². The number of carboxylic acids is 2. The first kappa shape index (κ1) is 99.0. The molecule has 2 aliphatic rings. The molecule has 2 aromatic heterocycles. The second kappa shape index (κ2) is 47.0. The molecule has 23 N–H and O–H groups in total. The van der Waals surface area contributed by atoms with Crippen LogP contribution in [-0.4, -0.2) is 245 Å². The van der Waals surface area contributed by atoms with Gasteiger partial charge in [0.1, 0.15) is 84.3 Å². The number of aliphatic hydroxyl groups excluding tert-OH is 1. The zero-order valence-corrected chi connectivity index (χ0v) is 71.9. The van der Waals surface area contributed by atoms with Crippen LogP contribution in [0, 0.1) is 23.7 Å². The van der Waals surface area contributed by atoms with E-state index >= 15 is 9.59 Å². The number of aromatic amines is 2. The third-order valence-electron chi connectivity index (χ3n) is 22.0. The number of nitrogens with zero attached hydrogens (tertiary/aromatic N) is 2. The Morgan fingerprint density at radius 2 is 0.871 bits per heavy atom. The van der Waals surface area contributed by atoms with Crippen LogP contribution in [0.15, 0.2) is 85.2 Å². The average molecular weight is 1730 g/mol. The van der Waals surface area contributed by atoms with Crippen LogP contribution in [0.3, 0.4) is 0 Å². The first-order valence-corrected chi connectivity index (χ1v) is 42.4. The number of aliphatic carboxylic acids is 2. The Kier molecular flexibility index (Phi) is 37.5. The lowest BCUT2D eigenvalue weighted by molar-refractivity contribution is -0.146. The van der Waals surface area contributed by atoms with E-state index in [4.69, 9.17) is 17.2 Å². The molecule has 2 saturated heterocycles. The number of amides is 14. The van der Waals surface area contributed by atoms with Gasteiger partial charge in [0, 0.05) is 66.6 Å².